The molecule has 0 spiro atoms. The van der Waals surface area contributed by atoms with Gasteiger partial charge in [0.25, 0.3) is 0 Å². The molecule has 356 valence electrons. The number of carboxylic acids is 2. The molecule has 7 amide bonds. The van der Waals surface area contributed by atoms with Crippen molar-refractivity contribution < 1.29 is 73.8 Å². The van der Waals surface area contributed by atoms with E-state index >= 15 is 0 Å². The fraction of sp³-hybridized carbons (Fsp3) is 0.372. The Morgan fingerprint density at radius 3 is 1.32 bits per heavy atom. The number of carboxylic acid groups (broad SMARTS) is 2. The van der Waals surface area contributed by atoms with Crippen molar-refractivity contribution in [3.8, 4) is 5.75 Å². The molecule has 0 aliphatic rings. The number of aliphatic hydroxyl groups excluding tert-OH is 3. The highest BCUT2D eigenvalue weighted by molar-refractivity contribution is 5.98. The van der Waals surface area contributed by atoms with Gasteiger partial charge >= 0.3 is 11.9 Å². The number of aliphatic carboxylic acids is 2. The first kappa shape index (κ1) is 52.9. The Balaban J connectivity index is 1.85. The lowest BCUT2D eigenvalue weighted by molar-refractivity contribution is -0.144. The second kappa shape index (κ2) is 26.3. The number of carbonyl (C=O) groups excluding carboxylic acids is 7. The molecule has 0 aromatic heterocycles. The molecule has 23 heteroatoms. The number of nitrogens with two attached hydrogens (primary N) is 1. The molecular formula is C43H54N8O15. The van der Waals surface area contributed by atoms with Crippen LogP contribution in [0.3, 0.4) is 0 Å². The summed E-state index contributed by atoms with van der Waals surface area (Å²) in [7, 11) is 0. The molecule has 3 aromatic carbocycles. The van der Waals surface area contributed by atoms with E-state index in [2.05, 4.69) is 31.9 Å². The van der Waals surface area contributed by atoms with Gasteiger partial charge in [-0.15, -0.1) is 0 Å². The number of aliphatic hydroxyl groups is 3. The van der Waals surface area contributed by atoms with Crippen LogP contribution in [0.25, 0.3) is 0 Å². The van der Waals surface area contributed by atoms with Crippen LogP contribution in [0, 0.1) is 0 Å². The van der Waals surface area contributed by atoms with Crippen LogP contribution in [0.15, 0.2) is 84.9 Å². The second-order valence-corrected chi connectivity index (χ2v) is 14.9. The first-order chi connectivity index (χ1) is 31.3. The molecular weight excluding hydrogens is 869 g/mol. The number of hydrogen-bond acceptors (Lipinski definition) is 14. The van der Waals surface area contributed by atoms with Gasteiger partial charge in [-0.2, -0.15) is 0 Å². The van der Waals surface area contributed by atoms with Crippen LogP contribution < -0.4 is 43.0 Å². The first-order valence-electron chi connectivity index (χ1n) is 20.4. The van der Waals surface area contributed by atoms with Gasteiger partial charge in [-0.3, -0.25) is 38.4 Å². The maximum Gasteiger partial charge on any atom is 0.328 e. The molecule has 66 heavy (non-hydrogen) atoms. The Kier molecular flexibility index (Phi) is 21.1. The van der Waals surface area contributed by atoms with Gasteiger partial charge in [-0.25, -0.2) is 4.79 Å². The van der Waals surface area contributed by atoms with E-state index in [1.165, 1.54) is 31.2 Å². The third-order valence-electron chi connectivity index (χ3n) is 9.73. The number of benzene rings is 3. The van der Waals surface area contributed by atoms with E-state index in [0.29, 0.717) is 16.7 Å². The molecule has 0 radical (unpaired) electrons. The molecule has 0 bridgehead atoms. The Hall–Kier alpha value is -7.47. The van der Waals surface area contributed by atoms with Gasteiger partial charge in [0, 0.05) is 19.3 Å². The molecule has 0 aliphatic carbocycles. The second-order valence-electron chi connectivity index (χ2n) is 14.9. The van der Waals surface area contributed by atoms with E-state index in [1.54, 1.807) is 60.7 Å². The molecule has 15 N–H and O–H groups in total. The van der Waals surface area contributed by atoms with E-state index in [9.17, 15) is 73.8 Å². The molecule has 3 rings (SSSR count). The molecule has 0 unspecified atom stereocenters. The van der Waals surface area contributed by atoms with Crippen molar-refractivity contribution in [2.45, 2.75) is 81.0 Å². The number of phenolic OH excluding ortho intramolecular Hbond substituents is 1. The number of nitrogens with one attached hydrogen (secondary N) is 7. The lowest BCUT2D eigenvalue weighted by Gasteiger charge is -2.28. The van der Waals surface area contributed by atoms with Gasteiger partial charge in [0.15, 0.2) is 0 Å². The molecule has 0 aliphatic heterocycles. The van der Waals surface area contributed by atoms with Crippen molar-refractivity contribution in [2.75, 3.05) is 19.8 Å². The summed E-state index contributed by atoms with van der Waals surface area (Å²) in [5.74, 6) is -10.9. The number of carbonyl (C=O) groups is 9. The predicted molar refractivity (Wildman–Crippen MR) is 230 cm³/mol. The molecule has 0 saturated carbocycles. The standard InChI is InChI=1S/C43H54N8O15/c1-23(54)36(51-40(62)28(45-34(56)20-44)16-24-8-4-2-5-9-24)42(64)48-30(17-25-10-6-3-7-11-25)37(59)49-32(21-52)41(63)47-31(19-35(57)58)39(61)46-29(18-26-12-14-27(55)15-13-26)38(60)50-33(22-53)43(65)66/h2-15,23,28-33,36,52-55H,16-22,44H2,1H3,(H,45,56)(H,46,61)(H,47,63)(H,48,64)(H,49,59)(H,50,60)(H,51,62)(H,57,58)(H,65,66)/t23-,28+,29+,30+,31+,32+,33+,36+/m1/s1. The summed E-state index contributed by atoms with van der Waals surface area (Å²) in [5.41, 5.74) is 6.89. The lowest BCUT2D eigenvalue weighted by Crippen LogP contribution is -2.62. The number of aromatic hydroxyl groups is 1. The molecule has 0 saturated heterocycles. The molecule has 3 aromatic rings. The maximum absolute atomic E-state index is 13.9. The fourth-order valence-corrected chi connectivity index (χ4v) is 6.22. The third-order valence-corrected chi connectivity index (χ3v) is 9.73. The summed E-state index contributed by atoms with van der Waals surface area (Å²) in [6.07, 6.45) is -3.32. The smallest absolute Gasteiger partial charge is 0.328 e. The average molecular weight is 923 g/mol. The average Bonchev–Trinajstić information content (AvgIpc) is 3.28. The topological polar surface area (TPSA) is 385 Å². The van der Waals surface area contributed by atoms with Gasteiger partial charge in [-0.1, -0.05) is 72.8 Å². The number of hydrogen-bond donors (Lipinski definition) is 14. The third kappa shape index (κ3) is 17.2. The van der Waals surface area contributed by atoms with Gasteiger partial charge in [0.1, 0.15) is 48.0 Å². The van der Waals surface area contributed by atoms with Gasteiger partial charge < -0.3 is 73.6 Å². The lowest BCUT2D eigenvalue weighted by atomic mass is 10.0. The highest BCUT2D eigenvalue weighted by Gasteiger charge is 2.36. The van der Waals surface area contributed by atoms with Crippen molar-refractivity contribution in [3.05, 3.63) is 102 Å². The SMILES string of the molecule is C[C@@H](O)[C@H](NC(=O)[C@H](Cc1ccccc1)NC(=O)CN)C(=O)N[C@@H](Cc1ccccc1)C(=O)N[C@@H](CO)C(=O)N[C@@H](CC(=O)O)C(=O)N[C@@H](Cc1ccc(O)cc1)C(=O)N[C@@H](CO)C(=O)O. The van der Waals surface area contributed by atoms with Crippen molar-refractivity contribution in [2.24, 2.45) is 5.73 Å². The van der Waals surface area contributed by atoms with Crippen LogP contribution in [-0.4, -0.2) is 152 Å². The van der Waals surface area contributed by atoms with Gasteiger partial charge in [0.05, 0.1) is 32.3 Å². The predicted octanol–water partition coefficient (Wildman–Crippen LogP) is -4.30. The number of phenols is 1. The monoisotopic (exact) mass is 922 g/mol. The summed E-state index contributed by atoms with van der Waals surface area (Å²) in [4.78, 5) is 117. The fourth-order valence-electron chi connectivity index (χ4n) is 6.22. The minimum Gasteiger partial charge on any atom is -0.508 e. The summed E-state index contributed by atoms with van der Waals surface area (Å²) in [6.45, 7) is -1.45. The van der Waals surface area contributed by atoms with Crippen molar-refractivity contribution in [3.63, 3.8) is 0 Å². The Morgan fingerprint density at radius 1 is 0.500 bits per heavy atom. The Morgan fingerprint density at radius 2 is 0.879 bits per heavy atom. The molecule has 0 fully saturated rings. The van der Waals surface area contributed by atoms with Gasteiger partial charge in [-0.05, 0) is 35.7 Å². The van der Waals surface area contributed by atoms with E-state index in [1.807, 2.05) is 5.32 Å². The van der Waals surface area contributed by atoms with Crippen LogP contribution in [0.5, 0.6) is 5.75 Å². The molecule has 0 heterocycles. The maximum atomic E-state index is 13.9. The van der Waals surface area contributed by atoms with E-state index in [4.69, 9.17) is 5.73 Å². The summed E-state index contributed by atoms with van der Waals surface area (Å²) in [5, 5.41) is 74.9. The zero-order valence-corrected chi connectivity index (χ0v) is 35.6. The Labute approximate surface area is 377 Å². The van der Waals surface area contributed by atoms with E-state index in [-0.39, 0.29) is 25.0 Å². The normalized spacial score (nSPS) is 14.5. The van der Waals surface area contributed by atoms with Crippen LogP contribution >= 0.6 is 0 Å². The highest BCUT2D eigenvalue weighted by atomic mass is 16.4. The highest BCUT2D eigenvalue weighted by Crippen LogP contribution is 2.13. The van der Waals surface area contributed by atoms with Crippen LogP contribution in [0.4, 0.5) is 0 Å². The van der Waals surface area contributed by atoms with Crippen molar-refractivity contribution in [1.29, 1.82) is 0 Å². The number of amides is 7. The first-order valence-corrected chi connectivity index (χ1v) is 20.4. The van der Waals surface area contributed by atoms with Gasteiger partial charge in [0.2, 0.25) is 41.4 Å². The summed E-state index contributed by atoms with van der Waals surface area (Å²) in [6, 6.07) is 10.0. The minimum absolute atomic E-state index is 0.0290. The zero-order chi connectivity index (χ0) is 48.9. The quantitative estimate of drug-likeness (QED) is 0.0362. The summed E-state index contributed by atoms with van der Waals surface area (Å²) < 4.78 is 0. The van der Waals surface area contributed by atoms with Crippen molar-refractivity contribution in [1.82, 2.24) is 37.2 Å². The Bertz CT molecular complexity index is 2140. The number of rotatable bonds is 26. The molecule has 23 nitrogen and oxygen atoms in total. The summed E-state index contributed by atoms with van der Waals surface area (Å²) >= 11 is 0. The van der Waals surface area contributed by atoms with E-state index in [0.717, 1.165) is 0 Å². The van der Waals surface area contributed by atoms with Crippen LogP contribution in [0.2, 0.25) is 0 Å². The zero-order valence-electron chi connectivity index (χ0n) is 35.6. The van der Waals surface area contributed by atoms with Crippen LogP contribution in [0.1, 0.15) is 30.0 Å². The van der Waals surface area contributed by atoms with E-state index < -0.39 is 128 Å². The molecule has 8 atom stereocenters. The van der Waals surface area contributed by atoms with Crippen LogP contribution in [-0.2, 0) is 62.4 Å². The minimum atomic E-state index is -1.99. The largest absolute Gasteiger partial charge is 0.508 e. The van der Waals surface area contributed by atoms with Crippen molar-refractivity contribution >= 4 is 53.3 Å².